The molecule has 2 aromatic rings. The van der Waals surface area contributed by atoms with E-state index in [1.165, 1.54) is 5.56 Å². The Bertz CT molecular complexity index is 730. The van der Waals surface area contributed by atoms with Crippen molar-refractivity contribution in [3.63, 3.8) is 0 Å². The number of carbonyl (C=O) groups excluding carboxylic acids is 1. The normalized spacial score (nSPS) is 17.7. The van der Waals surface area contributed by atoms with E-state index in [1.54, 1.807) is 23.9 Å². The number of ether oxygens (including phenoxy) is 1. The Morgan fingerprint density at radius 1 is 1.39 bits per heavy atom. The number of nitriles is 1. The summed E-state index contributed by atoms with van der Waals surface area (Å²) in [6.07, 6.45) is 2.45. The molecule has 1 unspecified atom stereocenters. The van der Waals surface area contributed by atoms with Gasteiger partial charge in [0, 0.05) is 19.8 Å². The highest BCUT2D eigenvalue weighted by Gasteiger charge is 2.29. The zero-order valence-corrected chi connectivity index (χ0v) is 13.1. The average molecular weight is 309 g/mol. The summed E-state index contributed by atoms with van der Waals surface area (Å²) in [6, 6.07) is 13.9. The predicted molar refractivity (Wildman–Crippen MR) is 85.9 cm³/mol. The van der Waals surface area contributed by atoms with Crippen molar-refractivity contribution in [2.24, 2.45) is 7.05 Å². The van der Waals surface area contributed by atoms with Gasteiger partial charge in [-0.2, -0.15) is 5.26 Å². The van der Waals surface area contributed by atoms with Gasteiger partial charge in [-0.3, -0.25) is 4.79 Å². The van der Waals surface area contributed by atoms with E-state index in [9.17, 15) is 4.79 Å². The van der Waals surface area contributed by atoms with Gasteiger partial charge in [0.15, 0.2) is 0 Å². The number of nitrogens with zero attached hydrogens (tertiary/aromatic N) is 3. The molecule has 0 radical (unpaired) electrons. The molecular weight excluding hydrogens is 290 g/mol. The van der Waals surface area contributed by atoms with Crippen LogP contribution in [0.1, 0.15) is 21.6 Å². The van der Waals surface area contributed by atoms with Crippen LogP contribution in [0.15, 0.2) is 42.6 Å². The fraction of sp³-hybridized carbons (Fsp3) is 0.333. The summed E-state index contributed by atoms with van der Waals surface area (Å²) in [5.74, 6) is -0.0433. The van der Waals surface area contributed by atoms with E-state index in [1.807, 2.05) is 23.1 Å². The third kappa shape index (κ3) is 3.27. The summed E-state index contributed by atoms with van der Waals surface area (Å²) in [5.41, 5.74) is 2.23. The second-order valence-corrected chi connectivity index (χ2v) is 5.75. The number of amides is 1. The average Bonchev–Trinajstić information content (AvgIpc) is 2.97. The predicted octanol–water partition coefficient (Wildman–Crippen LogP) is 1.98. The molecule has 1 saturated heterocycles. The number of benzene rings is 1. The van der Waals surface area contributed by atoms with Gasteiger partial charge >= 0.3 is 0 Å². The molecule has 118 valence electrons. The van der Waals surface area contributed by atoms with Crippen LogP contribution in [-0.4, -0.2) is 41.2 Å². The maximum Gasteiger partial charge on any atom is 0.270 e. The first-order chi connectivity index (χ1) is 11.2. The summed E-state index contributed by atoms with van der Waals surface area (Å²) in [6.45, 7) is 1.66. The molecule has 1 aliphatic heterocycles. The summed E-state index contributed by atoms with van der Waals surface area (Å²) in [7, 11) is 1.79. The van der Waals surface area contributed by atoms with Crippen molar-refractivity contribution in [1.82, 2.24) is 9.47 Å². The molecule has 0 saturated carbocycles. The van der Waals surface area contributed by atoms with Crippen LogP contribution in [-0.2, 0) is 18.2 Å². The molecule has 1 amide bonds. The Hall–Kier alpha value is -2.58. The first-order valence-electron chi connectivity index (χ1n) is 7.68. The third-order valence-corrected chi connectivity index (χ3v) is 4.16. The highest BCUT2D eigenvalue weighted by molar-refractivity contribution is 5.93. The number of carbonyl (C=O) groups is 1. The summed E-state index contributed by atoms with van der Waals surface area (Å²) < 4.78 is 7.29. The number of aromatic nitrogens is 1. The molecule has 1 aliphatic rings. The van der Waals surface area contributed by atoms with Crippen LogP contribution in [0.5, 0.6) is 0 Å². The van der Waals surface area contributed by atoms with Gasteiger partial charge < -0.3 is 14.2 Å². The van der Waals surface area contributed by atoms with Crippen LogP contribution in [0.2, 0.25) is 0 Å². The summed E-state index contributed by atoms with van der Waals surface area (Å²) >= 11 is 0. The number of aryl methyl sites for hydroxylation is 1. The van der Waals surface area contributed by atoms with Gasteiger partial charge in [-0.1, -0.05) is 30.3 Å². The van der Waals surface area contributed by atoms with Gasteiger partial charge in [0.1, 0.15) is 11.8 Å². The topological polar surface area (TPSA) is 58.3 Å². The van der Waals surface area contributed by atoms with Crippen LogP contribution in [0.4, 0.5) is 0 Å². The van der Waals surface area contributed by atoms with Gasteiger partial charge in [-0.05, 0) is 18.1 Å². The maximum absolute atomic E-state index is 12.9. The van der Waals surface area contributed by atoms with Crippen molar-refractivity contribution < 1.29 is 9.53 Å². The fourth-order valence-electron chi connectivity index (χ4n) is 2.96. The molecule has 1 atom stereocenters. The van der Waals surface area contributed by atoms with Crippen molar-refractivity contribution in [3.8, 4) is 6.07 Å². The second-order valence-electron chi connectivity index (χ2n) is 5.75. The van der Waals surface area contributed by atoms with Crippen molar-refractivity contribution >= 4 is 5.91 Å². The number of rotatable bonds is 3. The van der Waals surface area contributed by atoms with E-state index < -0.39 is 0 Å². The summed E-state index contributed by atoms with van der Waals surface area (Å²) in [5, 5.41) is 9.01. The lowest BCUT2D eigenvalue weighted by Gasteiger charge is -2.35. The highest BCUT2D eigenvalue weighted by atomic mass is 16.5. The Morgan fingerprint density at radius 3 is 2.87 bits per heavy atom. The van der Waals surface area contributed by atoms with E-state index in [4.69, 9.17) is 10.00 Å². The fourth-order valence-corrected chi connectivity index (χ4v) is 2.96. The number of morpholine rings is 1. The molecule has 0 bridgehead atoms. The Morgan fingerprint density at radius 2 is 2.17 bits per heavy atom. The van der Waals surface area contributed by atoms with E-state index >= 15 is 0 Å². The minimum absolute atomic E-state index is 0.0130. The van der Waals surface area contributed by atoms with Crippen LogP contribution in [0.3, 0.4) is 0 Å². The molecule has 0 spiro atoms. The highest BCUT2D eigenvalue weighted by Crippen LogP contribution is 2.18. The van der Waals surface area contributed by atoms with Crippen LogP contribution in [0.25, 0.3) is 0 Å². The number of hydrogen-bond acceptors (Lipinski definition) is 3. The van der Waals surface area contributed by atoms with Crippen molar-refractivity contribution in [1.29, 1.82) is 5.26 Å². The van der Waals surface area contributed by atoms with Crippen LogP contribution >= 0.6 is 0 Å². The molecule has 1 aromatic heterocycles. The van der Waals surface area contributed by atoms with Crippen LogP contribution < -0.4 is 0 Å². The van der Waals surface area contributed by atoms with E-state index in [0.29, 0.717) is 31.0 Å². The standard InChI is InChI=1S/C18H19N3O2/c1-20-12-15(11-19)10-17(20)18(22)21-7-8-23-13-16(21)9-14-5-3-2-4-6-14/h2-6,10,12,16H,7-9,13H2,1H3. The van der Waals surface area contributed by atoms with Gasteiger partial charge in [-0.15, -0.1) is 0 Å². The molecule has 5 heteroatoms. The first kappa shape index (κ1) is 15.3. The first-order valence-corrected chi connectivity index (χ1v) is 7.68. The summed E-state index contributed by atoms with van der Waals surface area (Å²) in [4.78, 5) is 14.8. The Balaban J connectivity index is 1.82. The molecule has 1 aromatic carbocycles. The lowest BCUT2D eigenvalue weighted by atomic mass is 10.0. The smallest absolute Gasteiger partial charge is 0.270 e. The van der Waals surface area contributed by atoms with Gasteiger partial charge in [0.05, 0.1) is 24.8 Å². The lowest BCUT2D eigenvalue weighted by Crippen LogP contribution is -2.50. The molecule has 5 nitrogen and oxygen atoms in total. The zero-order chi connectivity index (χ0) is 16.2. The van der Waals surface area contributed by atoms with Gasteiger partial charge in [0.2, 0.25) is 0 Å². The zero-order valence-electron chi connectivity index (χ0n) is 13.1. The lowest BCUT2D eigenvalue weighted by molar-refractivity contribution is -0.00213. The van der Waals surface area contributed by atoms with Gasteiger partial charge in [-0.25, -0.2) is 0 Å². The Kier molecular flexibility index (Phi) is 4.45. The maximum atomic E-state index is 12.9. The minimum Gasteiger partial charge on any atom is -0.377 e. The Labute approximate surface area is 135 Å². The second kappa shape index (κ2) is 6.67. The van der Waals surface area contributed by atoms with E-state index in [0.717, 1.165) is 6.42 Å². The SMILES string of the molecule is Cn1cc(C#N)cc1C(=O)N1CCOCC1Cc1ccccc1. The van der Waals surface area contributed by atoms with Crippen molar-refractivity contribution in [3.05, 3.63) is 59.4 Å². The molecule has 3 rings (SSSR count). The molecule has 0 aliphatic carbocycles. The van der Waals surface area contributed by atoms with E-state index in [2.05, 4.69) is 18.2 Å². The molecular formula is C18H19N3O2. The largest absolute Gasteiger partial charge is 0.377 e. The quantitative estimate of drug-likeness (QED) is 0.871. The van der Waals surface area contributed by atoms with Gasteiger partial charge in [0.25, 0.3) is 5.91 Å². The molecule has 23 heavy (non-hydrogen) atoms. The monoisotopic (exact) mass is 309 g/mol. The minimum atomic E-state index is -0.0433. The van der Waals surface area contributed by atoms with E-state index in [-0.39, 0.29) is 11.9 Å². The van der Waals surface area contributed by atoms with Crippen LogP contribution in [0, 0.1) is 11.3 Å². The molecule has 1 fully saturated rings. The van der Waals surface area contributed by atoms with Crippen molar-refractivity contribution in [2.75, 3.05) is 19.8 Å². The molecule has 0 N–H and O–H groups in total. The third-order valence-electron chi connectivity index (χ3n) is 4.16. The number of hydrogen-bond donors (Lipinski definition) is 0. The molecule has 2 heterocycles. The van der Waals surface area contributed by atoms with Crippen molar-refractivity contribution in [2.45, 2.75) is 12.5 Å².